The second-order valence-electron chi connectivity index (χ2n) is 5.96. The van der Waals surface area contributed by atoms with E-state index in [-0.39, 0.29) is 28.7 Å². The summed E-state index contributed by atoms with van der Waals surface area (Å²) in [6, 6.07) is 7.48. The lowest BCUT2D eigenvalue weighted by Gasteiger charge is -2.24. The van der Waals surface area contributed by atoms with Gasteiger partial charge in [-0.2, -0.15) is 0 Å². The topological polar surface area (TPSA) is 79.8 Å². The van der Waals surface area contributed by atoms with Crippen LogP contribution in [0.3, 0.4) is 0 Å². The number of furan rings is 1. The van der Waals surface area contributed by atoms with Crippen molar-refractivity contribution < 1.29 is 14.1 Å². The Morgan fingerprint density at radius 3 is 2.52 bits per heavy atom. The Morgan fingerprint density at radius 1 is 1.24 bits per heavy atom. The average molecular weight is 366 g/mol. The van der Waals surface area contributed by atoms with Crippen molar-refractivity contribution in [2.45, 2.75) is 13.5 Å². The van der Waals surface area contributed by atoms with Crippen molar-refractivity contribution in [3.05, 3.63) is 62.6 Å². The summed E-state index contributed by atoms with van der Waals surface area (Å²) in [5, 5.41) is 11.2. The number of nitrogens with zero attached hydrogens (tertiary/aromatic N) is 3. The van der Waals surface area contributed by atoms with Crippen molar-refractivity contribution in [3.8, 4) is 0 Å². The van der Waals surface area contributed by atoms with E-state index in [0.717, 1.165) is 5.76 Å². The van der Waals surface area contributed by atoms with Gasteiger partial charge in [-0.3, -0.25) is 14.9 Å². The Morgan fingerprint density at radius 2 is 1.96 bits per heavy atom. The molecule has 0 atom stereocenters. The normalized spacial score (nSPS) is 10.9. The fourth-order valence-electron chi connectivity index (χ4n) is 2.29. The fourth-order valence-corrected chi connectivity index (χ4v) is 2.49. The van der Waals surface area contributed by atoms with E-state index >= 15 is 0 Å². The van der Waals surface area contributed by atoms with Gasteiger partial charge in [-0.1, -0.05) is 11.6 Å². The maximum Gasteiger partial charge on any atom is 0.270 e. The maximum absolute atomic E-state index is 12.9. The molecule has 1 aromatic carbocycles. The molecule has 1 aromatic heterocycles. The highest BCUT2D eigenvalue weighted by molar-refractivity contribution is 6.33. The molecule has 0 aliphatic carbocycles. The quantitative estimate of drug-likeness (QED) is 0.555. The highest BCUT2D eigenvalue weighted by Gasteiger charge is 2.22. The first-order valence-electron chi connectivity index (χ1n) is 7.71. The van der Waals surface area contributed by atoms with E-state index in [4.69, 9.17) is 16.0 Å². The second kappa shape index (κ2) is 8.13. The fraction of sp³-hybridized carbons (Fsp3) is 0.353. The first-order valence-corrected chi connectivity index (χ1v) is 8.09. The largest absolute Gasteiger partial charge is 0.464 e. The average Bonchev–Trinajstić information content (AvgIpc) is 2.96. The van der Waals surface area contributed by atoms with Gasteiger partial charge >= 0.3 is 0 Å². The van der Waals surface area contributed by atoms with Crippen LogP contribution in [0.25, 0.3) is 0 Å². The van der Waals surface area contributed by atoms with E-state index in [1.54, 1.807) is 11.0 Å². The Labute approximate surface area is 150 Å². The van der Waals surface area contributed by atoms with Crippen molar-refractivity contribution in [2.24, 2.45) is 0 Å². The monoisotopic (exact) mass is 365 g/mol. The number of rotatable bonds is 7. The van der Waals surface area contributed by atoms with Gasteiger partial charge in [0.25, 0.3) is 11.6 Å². The standard InChI is InChI=1S/C17H20ClN3O4/c1-12-4-6-14(25-12)11-20(9-8-19(2)3)17(22)15-10-13(21(23)24)5-7-16(15)18/h4-7,10H,8-9,11H2,1-3H3. The predicted molar refractivity (Wildman–Crippen MR) is 94.8 cm³/mol. The van der Waals surface area contributed by atoms with Gasteiger partial charge in [-0.15, -0.1) is 0 Å². The number of hydrogen-bond acceptors (Lipinski definition) is 5. The van der Waals surface area contributed by atoms with Crippen molar-refractivity contribution >= 4 is 23.2 Å². The van der Waals surface area contributed by atoms with Crippen molar-refractivity contribution in [3.63, 3.8) is 0 Å². The smallest absolute Gasteiger partial charge is 0.270 e. The molecule has 7 nitrogen and oxygen atoms in total. The third-order valence-corrected chi connectivity index (χ3v) is 3.97. The molecule has 1 amide bonds. The van der Waals surface area contributed by atoms with Crippen molar-refractivity contribution in [1.29, 1.82) is 0 Å². The minimum absolute atomic E-state index is 0.109. The molecule has 0 radical (unpaired) electrons. The minimum Gasteiger partial charge on any atom is -0.464 e. The van der Waals surface area contributed by atoms with Crippen LogP contribution in [-0.2, 0) is 6.54 Å². The molecule has 134 valence electrons. The van der Waals surface area contributed by atoms with Gasteiger partial charge < -0.3 is 14.2 Å². The highest BCUT2D eigenvalue weighted by Crippen LogP contribution is 2.24. The van der Waals surface area contributed by atoms with E-state index in [9.17, 15) is 14.9 Å². The van der Waals surface area contributed by atoms with Gasteiger partial charge in [-0.05, 0) is 39.2 Å². The first kappa shape index (κ1) is 19.0. The van der Waals surface area contributed by atoms with E-state index in [2.05, 4.69) is 0 Å². The molecule has 8 heteroatoms. The number of nitro benzene ring substituents is 1. The minimum atomic E-state index is -0.548. The third kappa shape index (κ3) is 5.04. The second-order valence-corrected chi connectivity index (χ2v) is 6.37. The molecule has 2 aromatic rings. The molecule has 2 rings (SSSR count). The van der Waals surface area contributed by atoms with Gasteiger partial charge in [0.05, 0.1) is 22.1 Å². The summed E-state index contributed by atoms with van der Waals surface area (Å²) in [7, 11) is 3.81. The van der Waals surface area contributed by atoms with Gasteiger partial charge in [0.15, 0.2) is 0 Å². The molecule has 0 bridgehead atoms. The lowest BCUT2D eigenvalue weighted by molar-refractivity contribution is -0.384. The lowest BCUT2D eigenvalue weighted by Crippen LogP contribution is -2.36. The number of carbonyl (C=O) groups is 1. The molecule has 0 aliphatic heterocycles. The number of hydrogen-bond donors (Lipinski definition) is 0. The van der Waals surface area contributed by atoms with Crippen LogP contribution in [0.2, 0.25) is 5.02 Å². The van der Waals surface area contributed by atoms with Crippen LogP contribution >= 0.6 is 11.6 Å². The van der Waals surface area contributed by atoms with Crippen LogP contribution in [0.5, 0.6) is 0 Å². The van der Waals surface area contributed by atoms with Gasteiger partial charge in [0.2, 0.25) is 0 Å². The van der Waals surface area contributed by atoms with E-state index in [1.807, 2.05) is 32.0 Å². The molecule has 0 unspecified atom stereocenters. The molecular formula is C17H20ClN3O4. The lowest BCUT2D eigenvalue weighted by atomic mass is 10.1. The molecule has 25 heavy (non-hydrogen) atoms. The number of aryl methyl sites for hydroxylation is 1. The van der Waals surface area contributed by atoms with E-state index < -0.39 is 4.92 Å². The van der Waals surface area contributed by atoms with E-state index in [1.165, 1.54) is 18.2 Å². The van der Waals surface area contributed by atoms with Crippen LogP contribution in [0, 0.1) is 17.0 Å². The van der Waals surface area contributed by atoms with Crippen LogP contribution in [0.15, 0.2) is 34.7 Å². The summed E-state index contributed by atoms with van der Waals surface area (Å²) in [6.45, 7) is 3.16. The van der Waals surface area contributed by atoms with Crippen LogP contribution in [0.1, 0.15) is 21.9 Å². The number of nitro groups is 1. The molecule has 1 heterocycles. The van der Waals surface area contributed by atoms with Crippen LogP contribution in [-0.4, -0.2) is 47.8 Å². The molecule has 0 N–H and O–H groups in total. The summed E-state index contributed by atoms with van der Waals surface area (Å²) in [4.78, 5) is 26.9. The van der Waals surface area contributed by atoms with Crippen LogP contribution in [0.4, 0.5) is 5.69 Å². The Hall–Kier alpha value is -2.38. The summed E-state index contributed by atoms with van der Waals surface area (Å²) >= 11 is 6.11. The summed E-state index contributed by atoms with van der Waals surface area (Å²) in [6.07, 6.45) is 0. The third-order valence-electron chi connectivity index (χ3n) is 3.64. The van der Waals surface area contributed by atoms with E-state index in [0.29, 0.717) is 18.8 Å². The number of non-ortho nitro benzene ring substituents is 1. The zero-order valence-corrected chi connectivity index (χ0v) is 15.1. The van der Waals surface area contributed by atoms with Crippen molar-refractivity contribution in [1.82, 2.24) is 9.80 Å². The van der Waals surface area contributed by atoms with Gasteiger partial charge in [0.1, 0.15) is 11.5 Å². The summed E-state index contributed by atoms with van der Waals surface area (Å²) in [5.41, 5.74) is -0.0629. The molecule has 0 saturated carbocycles. The predicted octanol–water partition coefficient (Wildman–Crippen LogP) is 3.35. The zero-order chi connectivity index (χ0) is 18.6. The molecule has 0 fully saturated rings. The summed E-state index contributed by atoms with van der Waals surface area (Å²) < 4.78 is 5.55. The number of carbonyl (C=O) groups excluding carboxylic acids is 1. The molecule has 0 spiro atoms. The SMILES string of the molecule is Cc1ccc(CN(CCN(C)C)C(=O)c2cc([N+](=O)[O-])ccc2Cl)o1. The Balaban J connectivity index is 2.30. The summed E-state index contributed by atoms with van der Waals surface area (Å²) in [5.74, 6) is 1.03. The Kier molecular flexibility index (Phi) is 6.17. The van der Waals surface area contributed by atoms with Crippen LogP contribution < -0.4 is 0 Å². The number of benzene rings is 1. The molecule has 0 aliphatic rings. The number of halogens is 1. The molecule has 0 saturated heterocycles. The van der Waals surface area contributed by atoms with Gasteiger partial charge in [0, 0.05) is 25.2 Å². The number of likely N-dealkylation sites (N-methyl/N-ethyl adjacent to an activating group) is 1. The molecular weight excluding hydrogens is 346 g/mol. The Bertz CT molecular complexity index is 773. The highest BCUT2D eigenvalue weighted by atomic mass is 35.5. The van der Waals surface area contributed by atoms with Gasteiger partial charge in [-0.25, -0.2) is 0 Å². The zero-order valence-electron chi connectivity index (χ0n) is 14.4. The maximum atomic E-state index is 12.9. The number of amides is 1. The van der Waals surface area contributed by atoms with Crippen molar-refractivity contribution in [2.75, 3.05) is 27.2 Å². The first-order chi connectivity index (χ1) is 11.8.